The van der Waals surface area contributed by atoms with E-state index in [9.17, 15) is 9.59 Å². The molecule has 1 aliphatic rings. The molecule has 1 atom stereocenters. The first kappa shape index (κ1) is 21.3. The van der Waals surface area contributed by atoms with Gasteiger partial charge in [0, 0.05) is 18.4 Å². The van der Waals surface area contributed by atoms with Gasteiger partial charge in [0.05, 0.1) is 31.6 Å². The zero-order chi connectivity index (χ0) is 20.6. The van der Waals surface area contributed by atoms with Crippen LogP contribution in [-0.2, 0) is 16.1 Å². The van der Waals surface area contributed by atoms with E-state index in [2.05, 4.69) is 15.5 Å². The van der Waals surface area contributed by atoms with Gasteiger partial charge in [-0.05, 0) is 38.8 Å². The van der Waals surface area contributed by atoms with Crippen LogP contribution in [0.15, 0.2) is 28.2 Å². The topological polar surface area (TPSA) is 107 Å². The number of aromatic amines is 1. The zero-order valence-electron chi connectivity index (χ0n) is 16.6. The van der Waals surface area contributed by atoms with Gasteiger partial charge in [0.1, 0.15) is 0 Å². The summed E-state index contributed by atoms with van der Waals surface area (Å²) >= 11 is 1.20. The Bertz CT molecular complexity index is 876. The molecule has 1 aromatic carbocycles. The Morgan fingerprint density at radius 3 is 2.86 bits per heavy atom. The van der Waals surface area contributed by atoms with Crippen molar-refractivity contribution < 1.29 is 19.0 Å². The van der Waals surface area contributed by atoms with Crippen LogP contribution in [0.25, 0.3) is 0 Å². The summed E-state index contributed by atoms with van der Waals surface area (Å²) in [4.78, 5) is 24.4. The van der Waals surface area contributed by atoms with Crippen LogP contribution in [0.3, 0.4) is 0 Å². The van der Waals surface area contributed by atoms with Gasteiger partial charge in [-0.15, -0.1) is 5.10 Å². The Kier molecular flexibility index (Phi) is 7.59. The molecular formula is C19H26N4O5S. The van der Waals surface area contributed by atoms with Crippen LogP contribution in [0.2, 0.25) is 0 Å². The molecule has 2 heterocycles. The van der Waals surface area contributed by atoms with Crippen molar-refractivity contribution in [3.05, 3.63) is 28.7 Å². The van der Waals surface area contributed by atoms with Crippen molar-refractivity contribution in [1.29, 1.82) is 0 Å². The first-order valence-corrected chi connectivity index (χ1v) is 10.7. The monoisotopic (exact) mass is 422 g/mol. The van der Waals surface area contributed by atoms with E-state index in [1.807, 2.05) is 13.8 Å². The second-order valence-electron chi connectivity index (χ2n) is 6.42. The van der Waals surface area contributed by atoms with E-state index in [4.69, 9.17) is 14.2 Å². The summed E-state index contributed by atoms with van der Waals surface area (Å²) in [6.45, 7) is 5.96. The van der Waals surface area contributed by atoms with E-state index in [0.29, 0.717) is 48.7 Å². The van der Waals surface area contributed by atoms with Crippen molar-refractivity contribution in [2.75, 3.05) is 30.9 Å². The lowest BCUT2D eigenvalue weighted by atomic mass is 10.2. The molecule has 2 aromatic rings. The minimum absolute atomic E-state index is 0.0133. The third-order valence-electron chi connectivity index (χ3n) is 4.29. The maximum absolute atomic E-state index is 12.4. The van der Waals surface area contributed by atoms with E-state index in [0.717, 1.165) is 12.8 Å². The first-order chi connectivity index (χ1) is 14.1. The van der Waals surface area contributed by atoms with Crippen molar-refractivity contribution in [2.24, 2.45) is 0 Å². The zero-order valence-corrected chi connectivity index (χ0v) is 17.4. The highest BCUT2D eigenvalue weighted by Gasteiger charge is 2.20. The van der Waals surface area contributed by atoms with Gasteiger partial charge in [0.25, 0.3) is 0 Å². The van der Waals surface area contributed by atoms with Gasteiger partial charge < -0.3 is 19.5 Å². The average molecular weight is 423 g/mol. The Balaban J connectivity index is 1.59. The van der Waals surface area contributed by atoms with Gasteiger partial charge >= 0.3 is 5.69 Å². The maximum Gasteiger partial charge on any atom is 0.344 e. The third-order valence-corrected chi connectivity index (χ3v) is 5.27. The quantitative estimate of drug-likeness (QED) is 0.566. The van der Waals surface area contributed by atoms with E-state index in [1.54, 1.807) is 18.2 Å². The molecule has 0 bridgehead atoms. The Morgan fingerprint density at radius 2 is 2.14 bits per heavy atom. The molecule has 0 radical (unpaired) electrons. The molecule has 10 heteroatoms. The Morgan fingerprint density at radius 1 is 1.34 bits per heavy atom. The summed E-state index contributed by atoms with van der Waals surface area (Å²) in [5.41, 5.74) is 0.317. The molecule has 0 aliphatic carbocycles. The normalized spacial score (nSPS) is 16.0. The van der Waals surface area contributed by atoms with E-state index in [1.165, 1.54) is 16.3 Å². The number of benzene rings is 1. The average Bonchev–Trinajstić information content (AvgIpc) is 3.34. The minimum Gasteiger partial charge on any atom is -0.490 e. The molecule has 1 saturated heterocycles. The summed E-state index contributed by atoms with van der Waals surface area (Å²) in [5, 5.41) is 9.78. The number of hydrogen-bond acceptors (Lipinski definition) is 7. The summed E-state index contributed by atoms with van der Waals surface area (Å²) in [6.07, 6.45) is 1.93. The summed E-state index contributed by atoms with van der Waals surface area (Å²) < 4.78 is 18.2. The molecule has 1 fully saturated rings. The number of carbonyl (C=O) groups is 1. The molecule has 158 valence electrons. The predicted molar refractivity (Wildman–Crippen MR) is 110 cm³/mol. The number of nitrogens with one attached hydrogen (secondary N) is 2. The molecule has 3 rings (SSSR count). The second kappa shape index (κ2) is 10.4. The smallest absolute Gasteiger partial charge is 0.344 e. The van der Waals surface area contributed by atoms with Gasteiger partial charge in [0.15, 0.2) is 16.7 Å². The molecule has 0 spiro atoms. The molecule has 2 N–H and O–H groups in total. The van der Waals surface area contributed by atoms with Crippen molar-refractivity contribution in [1.82, 2.24) is 14.8 Å². The van der Waals surface area contributed by atoms with Crippen LogP contribution in [0.5, 0.6) is 11.5 Å². The molecule has 29 heavy (non-hydrogen) atoms. The summed E-state index contributed by atoms with van der Waals surface area (Å²) in [5.74, 6) is 1.13. The summed E-state index contributed by atoms with van der Waals surface area (Å²) in [6, 6.07) is 5.27. The number of rotatable bonds is 10. The fourth-order valence-electron chi connectivity index (χ4n) is 3.02. The number of hydrogen-bond donors (Lipinski definition) is 2. The lowest BCUT2D eigenvalue weighted by molar-refractivity contribution is -0.113. The van der Waals surface area contributed by atoms with Crippen LogP contribution < -0.4 is 20.5 Å². The highest BCUT2D eigenvalue weighted by atomic mass is 32.2. The third kappa shape index (κ3) is 5.77. The van der Waals surface area contributed by atoms with Gasteiger partial charge in [-0.2, -0.15) is 0 Å². The molecule has 1 aliphatic heterocycles. The van der Waals surface area contributed by atoms with Gasteiger partial charge in [-0.1, -0.05) is 11.8 Å². The molecule has 9 nitrogen and oxygen atoms in total. The lowest BCUT2D eigenvalue weighted by Crippen LogP contribution is -2.25. The highest BCUT2D eigenvalue weighted by Crippen LogP contribution is 2.30. The largest absolute Gasteiger partial charge is 0.490 e. The number of ether oxygens (including phenoxy) is 3. The van der Waals surface area contributed by atoms with E-state index < -0.39 is 0 Å². The van der Waals surface area contributed by atoms with E-state index in [-0.39, 0.29) is 23.5 Å². The van der Waals surface area contributed by atoms with Gasteiger partial charge in [0.2, 0.25) is 5.91 Å². The van der Waals surface area contributed by atoms with Crippen LogP contribution in [0, 0.1) is 0 Å². The fourth-order valence-corrected chi connectivity index (χ4v) is 3.78. The first-order valence-electron chi connectivity index (χ1n) is 9.69. The van der Waals surface area contributed by atoms with Gasteiger partial charge in [-0.25, -0.2) is 9.89 Å². The second-order valence-corrected chi connectivity index (χ2v) is 7.36. The lowest BCUT2D eigenvalue weighted by Gasteiger charge is -2.13. The number of H-pyrrole nitrogens is 1. The van der Waals surface area contributed by atoms with Crippen molar-refractivity contribution in [3.63, 3.8) is 0 Å². The predicted octanol–water partition coefficient (Wildman–Crippen LogP) is 2.28. The standard InChI is InChI=1S/C19H26N4O5S/c1-3-26-15-8-7-13(10-16(15)27-4-2)20-17(24)12-29-19-22-21-18(25)23(19)11-14-6-5-9-28-14/h7-8,10,14H,3-6,9,11-12H2,1-2H3,(H,20,24)(H,21,25)/t14-/m0/s1. The minimum atomic E-state index is -0.295. The van der Waals surface area contributed by atoms with E-state index >= 15 is 0 Å². The summed E-state index contributed by atoms with van der Waals surface area (Å²) in [7, 11) is 0. The Hall–Kier alpha value is -2.46. The number of anilines is 1. The number of carbonyl (C=O) groups excluding carboxylic acids is 1. The molecule has 1 aromatic heterocycles. The van der Waals surface area contributed by atoms with Crippen LogP contribution in [0.1, 0.15) is 26.7 Å². The van der Waals surface area contributed by atoms with Crippen molar-refractivity contribution in [2.45, 2.75) is 44.5 Å². The fraction of sp³-hybridized carbons (Fsp3) is 0.526. The molecule has 0 saturated carbocycles. The number of aromatic nitrogens is 3. The molecule has 0 unspecified atom stereocenters. The number of nitrogens with zero attached hydrogens (tertiary/aromatic N) is 2. The Labute approximate surface area is 173 Å². The maximum atomic E-state index is 12.4. The van der Waals surface area contributed by atoms with Gasteiger partial charge in [-0.3, -0.25) is 9.36 Å². The highest BCUT2D eigenvalue weighted by molar-refractivity contribution is 7.99. The van der Waals surface area contributed by atoms with Crippen molar-refractivity contribution in [3.8, 4) is 11.5 Å². The number of amides is 1. The molecule has 1 amide bonds. The van der Waals surface area contributed by atoms with Crippen LogP contribution in [0.4, 0.5) is 5.69 Å². The number of thioether (sulfide) groups is 1. The van der Waals surface area contributed by atoms with Crippen LogP contribution in [-0.4, -0.2) is 52.3 Å². The van der Waals surface area contributed by atoms with Crippen LogP contribution >= 0.6 is 11.8 Å². The molecular weight excluding hydrogens is 396 g/mol. The SMILES string of the molecule is CCOc1ccc(NC(=O)CSc2n[nH]c(=O)n2C[C@@H]2CCCO2)cc1OCC. The van der Waals surface area contributed by atoms with Crippen molar-refractivity contribution >= 4 is 23.4 Å².